The number of hydrogen-bond acceptors (Lipinski definition) is 2. The van der Waals surface area contributed by atoms with E-state index in [1.807, 2.05) is 17.0 Å². The molecule has 1 aromatic heterocycles. The zero-order valence-corrected chi connectivity index (χ0v) is 8.20. The number of rotatable bonds is 2. The van der Waals surface area contributed by atoms with Crippen LogP contribution in [0, 0.1) is 0 Å². The Morgan fingerprint density at radius 2 is 2.36 bits per heavy atom. The molecule has 1 aliphatic heterocycles. The van der Waals surface area contributed by atoms with E-state index >= 15 is 0 Å². The van der Waals surface area contributed by atoms with Crippen LogP contribution in [-0.4, -0.2) is 23.7 Å². The highest BCUT2D eigenvalue weighted by molar-refractivity contribution is 5.54. The molecule has 2 nitrogen and oxygen atoms in total. The fraction of sp³-hybridized carbons (Fsp3) is 0.364. The quantitative estimate of drug-likeness (QED) is 0.714. The second-order valence-corrected chi connectivity index (χ2v) is 3.92. The average Bonchev–Trinajstić information content (AvgIpc) is 2.14. The Bertz CT molecular complexity index is 352. The predicted octanol–water partition coefficient (Wildman–Crippen LogP) is 2.27. The monoisotopic (exact) mass is 192 g/mol. The number of aromatic nitrogens is 1. The van der Waals surface area contributed by atoms with Gasteiger partial charge in [-0.05, 0) is 24.6 Å². The van der Waals surface area contributed by atoms with Crippen LogP contribution in [-0.2, 0) is 0 Å². The predicted molar refractivity (Wildman–Crippen MR) is 56.1 cm³/mol. The largest absolute Gasteiger partial charge is 0.350 e. The van der Waals surface area contributed by atoms with Crippen LogP contribution < -0.4 is 4.90 Å². The lowest BCUT2D eigenvalue weighted by molar-refractivity contribution is 0.144. The maximum absolute atomic E-state index is 13.2. The molecule has 0 radical (unpaired) electrons. The van der Waals surface area contributed by atoms with Crippen molar-refractivity contribution in [3.05, 3.63) is 30.5 Å². The van der Waals surface area contributed by atoms with E-state index in [-0.39, 0.29) is 0 Å². The van der Waals surface area contributed by atoms with Crippen molar-refractivity contribution in [1.82, 2.24) is 4.98 Å². The molecule has 0 amide bonds. The van der Waals surface area contributed by atoms with Crippen LogP contribution in [0.25, 0.3) is 6.08 Å². The number of alkyl halides is 1. The first-order valence-corrected chi connectivity index (χ1v) is 4.63. The van der Waals surface area contributed by atoms with Crippen LogP contribution in [0.4, 0.5) is 10.2 Å². The summed E-state index contributed by atoms with van der Waals surface area (Å²) in [6, 6.07) is 3.80. The summed E-state index contributed by atoms with van der Waals surface area (Å²) in [4.78, 5) is 6.11. The lowest BCUT2D eigenvalue weighted by Crippen LogP contribution is -2.57. The summed E-state index contributed by atoms with van der Waals surface area (Å²) < 4.78 is 13.2. The number of nitrogens with zero attached hydrogens (tertiary/aromatic N) is 2. The molecule has 2 rings (SSSR count). The molecule has 1 fully saturated rings. The summed E-state index contributed by atoms with van der Waals surface area (Å²) in [5.41, 5.74) is -0.0336. The number of hydrogen-bond donors (Lipinski definition) is 0. The van der Waals surface area contributed by atoms with Crippen molar-refractivity contribution in [2.45, 2.75) is 12.6 Å². The summed E-state index contributed by atoms with van der Waals surface area (Å²) in [6.45, 7) is 6.16. The molecule has 1 aromatic rings. The van der Waals surface area contributed by atoms with E-state index in [1.54, 1.807) is 19.2 Å². The molecule has 0 spiro atoms. The fourth-order valence-electron chi connectivity index (χ4n) is 1.65. The van der Waals surface area contributed by atoms with Crippen molar-refractivity contribution >= 4 is 11.9 Å². The molecule has 0 N–H and O–H groups in total. The van der Waals surface area contributed by atoms with Gasteiger partial charge in [0.05, 0.1) is 13.1 Å². The maximum Gasteiger partial charge on any atom is 0.143 e. The van der Waals surface area contributed by atoms with Gasteiger partial charge < -0.3 is 4.90 Å². The topological polar surface area (TPSA) is 16.1 Å². The summed E-state index contributed by atoms with van der Waals surface area (Å²) in [5.74, 6) is 0.831. The third-order valence-electron chi connectivity index (χ3n) is 2.37. The Morgan fingerprint density at radius 3 is 2.93 bits per heavy atom. The van der Waals surface area contributed by atoms with Crippen molar-refractivity contribution < 1.29 is 4.39 Å². The van der Waals surface area contributed by atoms with Gasteiger partial charge in [-0.2, -0.15) is 0 Å². The maximum atomic E-state index is 13.2. The van der Waals surface area contributed by atoms with Crippen LogP contribution in [0.3, 0.4) is 0 Å². The van der Waals surface area contributed by atoms with Crippen molar-refractivity contribution in [2.75, 3.05) is 18.0 Å². The standard InChI is InChI=1S/C11H13FN2/c1-3-9-4-5-13-10(6-9)14-7-11(2,12)8-14/h3-6H,1,7-8H2,2H3. The highest BCUT2D eigenvalue weighted by Gasteiger charge is 2.39. The van der Waals surface area contributed by atoms with Crippen LogP contribution in [0.1, 0.15) is 12.5 Å². The average molecular weight is 192 g/mol. The first-order chi connectivity index (χ1) is 6.61. The number of halogens is 1. The molecule has 0 atom stereocenters. The Hall–Kier alpha value is -1.38. The van der Waals surface area contributed by atoms with Gasteiger partial charge in [-0.1, -0.05) is 12.7 Å². The SMILES string of the molecule is C=Cc1ccnc(N2CC(C)(F)C2)c1. The van der Waals surface area contributed by atoms with Crippen LogP contribution in [0.5, 0.6) is 0 Å². The minimum atomic E-state index is -1.05. The third kappa shape index (κ3) is 1.62. The lowest BCUT2D eigenvalue weighted by atomic mass is 9.99. The van der Waals surface area contributed by atoms with Gasteiger partial charge in [0, 0.05) is 6.20 Å². The van der Waals surface area contributed by atoms with Crippen molar-refractivity contribution in [2.24, 2.45) is 0 Å². The Labute approximate surface area is 83.1 Å². The van der Waals surface area contributed by atoms with E-state index in [0.717, 1.165) is 11.4 Å². The highest BCUT2D eigenvalue weighted by Crippen LogP contribution is 2.29. The molecule has 0 aromatic carbocycles. The van der Waals surface area contributed by atoms with Crippen LogP contribution in [0.15, 0.2) is 24.9 Å². The molecule has 1 aliphatic rings. The Kier molecular flexibility index (Phi) is 2.02. The van der Waals surface area contributed by atoms with Gasteiger partial charge in [-0.3, -0.25) is 0 Å². The van der Waals surface area contributed by atoms with Gasteiger partial charge in [-0.15, -0.1) is 0 Å². The van der Waals surface area contributed by atoms with Crippen molar-refractivity contribution in [1.29, 1.82) is 0 Å². The van der Waals surface area contributed by atoms with E-state index in [1.165, 1.54) is 0 Å². The van der Waals surface area contributed by atoms with E-state index in [0.29, 0.717) is 13.1 Å². The van der Waals surface area contributed by atoms with E-state index in [4.69, 9.17) is 0 Å². The molecule has 0 unspecified atom stereocenters. The first kappa shape index (κ1) is 9.19. The smallest absolute Gasteiger partial charge is 0.143 e. The normalized spacial score (nSPS) is 18.9. The molecule has 0 aliphatic carbocycles. The molecule has 3 heteroatoms. The molecule has 0 bridgehead atoms. The minimum absolute atomic E-state index is 0.431. The van der Waals surface area contributed by atoms with Crippen molar-refractivity contribution in [3.8, 4) is 0 Å². The van der Waals surface area contributed by atoms with Crippen molar-refractivity contribution in [3.63, 3.8) is 0 Å². The van der Waals surface area contributed by atoms with Gasteiger partial charge in [0.25, 0.3) is 0 Å². The fourth-order valence-corrected chi connectivity index (χ4v) is 1.65. The zero-order valence-electron chi connectivity index (χ0n) is 8.20. The second kappa shape index (κ2) is 3.08. The molecular formula is C11H13FN2. The number of anilines is 1. The van der Waals surface area contributed by atoms with E-state index < -0.39 is 5.67 Å². The van der Waals surface area contributed by atoms with Gasteiger partial charge in [0.1, 0.15) is 11.5 Å². The molecular weight excluding hydrogens is 179 g/mol. The molecule has 14 heavy (non-hydrogen) atoms. The first-order valence-electron chi connectivity index (χ1n) is 4.63. The van der Waals surface area contributed by atoms with Gasteiger partial charge in [-0.25, -0.2) is 9.37 Å². The lowest BCUT2D eigenvalue weighted by Gasteiger charge is -2.43. The molecule has 1 saturated heterocycles. The zero-order chi connectivity index (χ0) is 10.2. The highest BCUT2D eigenvalue weighted by atomic mass is 19.1. The minimum Gasteiger partial charge on any atom is -0.350 e. The Morgan fingerprint density at radius 1 is 1.64 bits per heavy atom. The summed E-state index contributed by atoms with van der Waals surface area (Å²) in [6.07, 6.45) is 3.49. The Balaban J connectivity index is 2.14. The van der Waals surface area contributed by atoms with E-state index in [2.05, 4.69) is 11.6 Å². The van der Waals surface area contributed by atoms with Gasteiger partial charge in [0.2, 0.25) is 0 Å². The molecule has 74 valence electrons. The van der Waals surface area contributed by atoms with Gasteiger partial charge >= 0.3 is 0 Å². The molecule has 0 saturated carbocycles. The second-order valence-electron chi connectivity index (χ2n) is 3.92. The number of pyridine rings is 1. The summed E-state index contributed by atoms with van der Waals surface area (Å²) in [7, 11) is 0. The van der Waals surface area contributed by atoms with E-state index in [9.17, 15) is 4.39 Å². The molecule has 2 heterocycles. The van der Waals surface area contributed by atoms with Crippen LogP contribution in [0.2, 0.25) is 0 Å². The van der Waals surface area contributed by atoms with Gasteiger partial charge in [0.15, 0.2) is 0 Å². The summed E-state index contributed by atoms with van der Waals surface area (Å²) >= 11 is 0. The third-order valence-corrected chi connectivity index (χ3v) is 2.37. The van der Waals surface area contributed by atoms with Crippen LogP contribution >= 0.6 is 0 Å². The summed E-state index contributed by atoms with van der Waals surface area (Å²) in [5, 5.41) is 0.